The minimum Gasteiger partial charge on any atom is -0.508 e. The van der Waals surface area contributed by atoms with Crippen molar-refractivity contribution in [2.24, 2.45) is 10.2 Å². The average molecular weight is 614 g/mol. The zero-order chi connectivity index (χ0) is 30.8. The number of phenols is 2. The van der Waals surface area contributed by atoms with Crippen molar-refractivity contribution < 1.29 is 18.6 Å². The van der Waals surface area contributed by atoms with Gasteiger partial charge in [-0.15, -0.1) is 19.8 Å². The van der Waals surface area contributed by atoms with Gasteiger partial charge in [0.05, 0.1) is 23.9 Å². The van der Waals surface area contributed by atoms with Crippen LogP contribution in [0.4, 0.5) is 5.69 Å². The molecule has 3 heterocycles. The molecule has 2 aromatic heterocycles. The Bertz CT molecular complexity index is 1900. The maximum atomic E-state index is 12.8. The highest BCUT2D eigenvalue weighted by molar-refractivity contribution is 7.93. The fourth-order valence-corrected chi connectivity index (χ4v) is 6.55. The molecule has 1 aliphatic heterocycles. The highest BCUT2D eigenvalue weighted by Gasteiger charge is 2.30. The molecule has 0 aliphatic carbocycles. The first kappa shape index (κ1) is 28.6. The number of tetrazole rings is 2. The Morgan fingerprint density at radius 1 is 0.818 bits per heavy atom. The van der Waals surface area contributed by atoms with Crippen molar-refractivity contribution in [3.05, 3.63) is 100 Å². The lowest BCUT2D eigenvalue weighted by atomic mass is 9.82. The van der Waals surface area contributed by atoms with Gasteiger partial charge in [-0.05, 0) is 106 Å². The molecule has 0 radical (unpaired) electrons. The summed E-state index contributed by atoms with van der Waals surface area (Å²) in [6, 6.07) is 17.0. The number of hydrogen-bond acceptors (Lipinski definition) is 12. The number of phenolic OH excluding ortho intramolecular Hbond substituents is 2. The lowest BCUT2D eigenvalue weighted by Gasteiger charge is -2.24. The van der Waals surface area contributed by atoms with Crippen molar-refractivity contribution in [3.8, 4) is 11.5 Å². The van der Waals surface area contributed by atoms with E-state index < -0.39 is 15.9 Å². The van der Waals surface area contributed by atoms with E-state index in [9.17, 15) is 18.6 Å². The van der Waals surface area contributed by atoms with Crippen LogP contribution in [0.25, 0.3) is 0 Å². The van der Waals surface area contributed by atoms with E-state index in [2.05, 4.69) is 41.3 Å². The molecule has 44 heavy (non-hydrogen) atoms. The molecule has 0 unspecified atom stereocenters. The Balaban J connectivity index is 1.48. The second kappa shape index (κ2) is 11.6. The van der Waals surface area contributed by atoms with Crippen molar-refractivity contribution in [1.29, 1.82) is 0 Å². The van der Waals surface area contributed by atoms with E-state index in [1.807, 2.05) is 6.07 Å². The SMILES string of the molecule is Cc1nnnn1/N=C/c1ccc(O)c(C(c2cccc(N3CCCS3(=O)=O)c2)c2cc(/C=N/n3nnnc3C)ccc2O)c1. The van der Waals surface area contributed by atoms with Gasteiger partial charge in [-0.2, -0.15) is 10.2 Å². The fourth-order valence-electron chi connectivity index (χ4n) is 5.00. The first-order chi connectivity index (χ1) is 21.2. The Hall–Kier alpha value is -5.51. The van der Waals surface area contributed by atoms with Gasteiger partial charge in [0.25, 0.3) is 0 Å². The summed E-state index contributed by atoms with van der Waals surface area (Å²) in [4.78, 5) is 2.54. The standard InChI is InChI=1S/C28H27N11O4S/c1-18-31-33-35-38(18)29-16-20-7-9-26(40)24(13-20)28(22-5-3-6-23(15-22)37-11-4-12-44(37,42)43)25-14-21(8-10-27(25)41)17-30-39-19(2)32-34-36-39/h3,5-10,13-17,28,40-41H,4,11-12H2,1-2H3/b29-16+,30-17+. The van der Waals surface area contributed by atoms with E-state index in [0.717, 1.165) is 0 Å². The van der Waals surface area contributed by atoms with Crippen LogP contribution in [0.3, 0.4) is 0 Å². The molecule has 3 aromatic carbocycles. The number of sulfonamides is 1. The second-order valence-corrected chi connectivity index (χ2v) is 12.1. The van der Waals surface area contributed by atoms with Gasteiger partial charge < -0.3 is 10.2 Å². The van der Waals surface area contributed by atoms with Crippen LogP contribution in [-0.4, -0.2) is 84.0 Å². The molecule has 0 saturated carbocycles. The predicted molar refractivity (Wildman–Crippen MR) is 160 cm³/mol. The summed E-state index contributed by atoms with van der Waals surface area (Å²) >= 11 is 0. The smallest absolute Gasteiger partial charge is 0.235 e. The van der Waals surface area contributed by atoms with Crippen molar-refractivity contribution in [2.45, 2.75) is 26.2 Å². The van der Waals surface area contributed by atoms with E-state index in [1.54, 1.807) is 68.7 Å². The number of nitrogens with zero attached hydrogens (tertiary/aromatic N) is 11. The van der Waals surface area contributed by atoms with Crippen LogP contribution in [0.5, 0.6) is 11.5 Å². The minimum absolute atomic E-state index is 0.0345. The van der Waals surface area contributed by atoms with Gasteiger partial charge in [0.2, 0.25) is 10.0 Å². The molecule has 1 aliphatic rings. The van der Waals surface area contributed by atoms with Crippen LogP contribution >= 0.6 is 0 Å². The van der Waals surface area contributed by atoms with Crippen LogP contribution in [-0.2, 0) is 10.0 Å². The Morgan fingerprint density at radius 2 is 1.39 bits per heavy atom. The summed E-state index contributed by atoms with van der Waals surface area (Å²) in [5.74, 6) is 0.262. The molecule has 5 aromatic rings. The third-order valence-electron chi connectivity index (χ3n) is 7.16. The molecule has 15 nitrogen and oxygen atoms in total. The molecule has 0 spiro atoms. The average Bonchev–Trinajstić information content (AvgIpc) is 3.72. The number of anilines is 1. The van der Waals surface area contributed by atoms with Crippen molar-refractivity contribution in [2.75, 3.05) is 16.6 Å². The number of aromatic nitrogens is 8. The van der Waals surface area contributed by atoms with Crippen LogP contribution in [0, 0.1) is 13.8 Å². The Kier molecular flexibility index (Phi) is 7.57. The first-order valence-electron chi connectivity index (χ1n) is 13.5. The third kappa shape index (κ3) is 5.74. The monoisotopic (exact) mass is 613 g/mol. The van der Waals surface area contributed by atoms with Gasteiger partial charge in [0.1, 0.15) is 11.5 Å². The van der Waals surface area contributed by atoms with Crippen LogP contribution < -0.4 is 4.31 Å². The normalized spacial score (nSPS) is 14.8. The molecule has 1 fully saturated rings. The van der Waals surface area contributed by atoms with Gasteiger partial charge in [-0.25, -0.2) is 8.42 Å². The van der Waals surface area contributed by atoms with E-state index in [1.165, 1.54) is 26.0 Å². The Labute approximate surface area is 251 Å². The van der Waals surface area contributed by atoms with E-state index in [-0.39, 0.29) is 17.3 Å². The summed E-state index contributed by atoms with van der Waals surface area (Å²) < 4.78 is 26.9. The van der Waals surface area contributed by atoms with Crippen LogP contribution in [0.1, 0.15) is 51.8 Å². The maximum Gasteiger partial charge on any atom is 0.235 e. The van der Waals surface area contributed by atoms with E-state index >= 15 is 0 Å². The molecule has 2 N–H and O–H groups in total. The molecule has 224 valence electrons. The highest BCUT2D eigenvalue weighted by Crippen LogP contribution is 2.42. The lowest BCUT2D eigenvalue weighted by molar-refractivity contribution is 0.458. The van der Waals surface area contributed by atoms with Crippen LogP contribution in [0.2, 0.25) is 0 Å². The fraction of sp³-hybridized carbons (Fsp3) is 0.214. The molecular formula is C28H27N11O4S. The lowest BCUT2D eigenvalue weighted by Crippen LogP contribution is -2.25. The largest absolute Gasteiger partial charge is 0.508 e. The predicted octanol–water partition coefficient (Wildman–Crippen LogP) is 2.17. The summed E-state index contributed by atoms with van der Waals surface area (Å²) in [5.41, 5.74) is 3.30. The summed E-state index contributed by atoms with van der Waals surface area (Å²) in [7, 11) is -3.44. The number of aryl methyl sites for hydroxylation is 2. The minimum atomic E-state index is -3.44. The molecule has 0 amide bonds. The zero-order valence-corrected chi connectivity index (χ0v) is 24.5. The van der Waals surface area contributed by atoms with Gasteiger partial charge >= 0.3 is 0 Å². The van der Waals surface area contributed by atoms with Crippen molar-refractivity contribution in [1.82, 2.24) is 40.6 Å². The molecule has 0 bridgehead atoms. The number of rotatable bonds is 8. The van der Waals surface area contributed by atoms with Gasteiger partial charge in [-0.3, -0.25) is 4.31 Å². The summed E-state index contributed by atoms with van der Waals surface area (Å²) in [6.45, 7) is 3.80. The van der Waals surface area contributed by atoms with Gasteiger partial charge in [0, 0.05) is 23.6 Å². The molecular weight excluding hydrogens is 586 g/mol. The highest BCUT2D eigenvalue weighted by atomic mass is 32.2. The number of aromatic hydroxyl groups is 2. The topological polar surface area (TPSA) is 190 Å². The molecule has 6 rings (SSSR count). The van der Waals surface area contributed by atoms with Gasteiger partial charge in [0.15, 0.2) is 11.6 Å². The molecule has 0 atom stereocenters. The zero-order valence-electron chi connectivity index (χ0n) is 23.7. The quantitative estimate of drug-likeness (QED) is 0.194. The molecule has 1 saturated heterocycles. The number of benzene rings is 3. The second-order valence-electron chi connectivity index (χ2n) is 10.1. The van der Waals surface area contributed by atoms with Crippen molar-refractivity contribution >= 4 is 28.1 Å². The van der Waals surface area contributed by atoms with E-state index in [4.69, 9.17) is 0 Å². The number of hydrogen-bond donors (Lipinski definition) is 2. The van der Waals surface area contributed by atoms with Crippen molar-refractivity contribution in [3.63, 3.8) is 0 Å². The summed E-state index contributed by atoms with van der Waals surface area (Å²) in [6.07, 6.45) is 3.63. The Morgan fingerprint density at radius 3 is 1.86 bits per heavy atom. The third-order valence-corrected chi connectivity index (χ3v) is 9.03. The van der Waals surface area contributed by atoms with Gasteiger partial charge in [-0.1, -0.05) is 12.1 Å². The first-order valence-corrected chi connectivity index (χ1v) is 15.2. The molecule has 16 heteroatoms. The summed E-state index contributed by atoms with van der Waals surface area (Å²) in [5, 5.41) is 53.4. The van der Waals surface area contributed by atoms with E-state index in [0.29, 0.717) is 58.1 Å². The van der Waals surface area contributed by atoms with Crippen LogP contribution in [0.15, 0.2) is 70.9 Å². The maximum absolute atomic E-state index is 12.8.